The van der Waals surface area contributed by atoms with Crippen LogP contribution in [0.5, 0.6) is 0 Å². The Kier molecular flexibility index (Phi) is 4.00. The third-order valence-electron chi connectivity index (χ3n) is 3.24. The number of amides is 1. The van der Waals surface area contributed by atoms with E-state index in [0.29, 0.717) is 6.42 Å². The Hall–Kier alpha value is -2.10. The van der Waals surface area contributed by atoms with E-state index in [0.717, 1.165) is 11.4 Å². The van der Waals surface area contributed by atoms with Gasteiger partial charge in [0.15, 0.2) is 0 Å². The van der Waals surface area contributed by atoms with E-state index in [1.54, 1.807) is 12.4 Å². The molecule has 0 bridgehead atoms. The second-order valence-corrected chi connectivity index (χ2v) is 4.86. The molecule has 1 aromatic carbocycles. The number of aromatic nitrogens is 2. The third-order valence-corrected chi connectivity index (χ3v) is 3.24. The maximum Gasteiger partial charge on any atom is 0.224 e. The molecular weight excluding hydrogens is 238 g/mol. The second kappa shape index (κ2) is 5.69. The van der Waals surface area contributed by atoms with E-state index in [4.69, 9.17) is 0 Å². The van der Waals surface area contributed by atoms with Crippen molar-refractivity contribution in [2.24, 2.45) is 0 Å². The van der Waals surface area contributed by atoms with E-state index in [9.17, 15) is 4.79 Å². The van der Waals surface area contributed by atoms with Crippen LogP contribution in [0.4, 0.5) is 0 Å². The first-order chi connectivity index (χ1) is 9.06. The van der Waals surface area contributed by atoms with Crippen LogP contribution >= 0.6 is 0 Å². The molecule has 1 unspecified atom stereocenters. The number of nitrogens with zero attached hydrogens (tertiary/aromatic N) is 1. The normalized spacial score (nSPS) is 12.2. The van der Waals surface area contributed by atoms with Crippen LogP contribution in [0.1, 0.15) is 35.5 Å². The first-order valence-corrected chi connectivity index (χ1v) is 6.41. The molecule has 100 valence electrons. The van der Waals surface area contributed by atoms with Crippen LogP contribution in [0.3, 0.4) is 0 Å². The summed E-state index contributed by atoms with van der Waals surface area (Å²) >= 11 is 0. The van der Waals surface area contributed by atoms with Gasteiger partial charge in [-0.05, 0) is 37.5 Å². The lowest BCUT2D eigenvalue weighted by Crippen LogP contribution is -2.28. The Morgan fingerprint density at radius 3 is 2.79 bits per heavy atom. The fourth-order valence-corrected chi connectivity index (χ4v) is 1.97. The minimum Gasteiger partial charge on any atom is -0.347 e. The lowest BCUT2D eigenvalue weighted by molar-refractivity contribution is -0.121. The van der Waals surface area contributed by atoms with Crippen molar-refractivity contribution in [3.05, 3.63) is 53.1 Å². The average molecular weight is 257 g/mol. The summed E-state index contributed by atoms with van der Waals surface area (Å²) in [5.74, 6) is 0.778. The van der Waals surface area contributed by atoms with Crippen LogP contribution < -0.4 is 5.32 Å². The number of rotatable bonds is 4. The van der Waals surface area contributed by atoms with Crippen molar-refractivity contribution in [2.45, 2.75) is 33.2 Å². The molecule has 2 aromatic rings. The van der Waals surface area contributed by atoms with E-state index in [1.807, 2.05) is 19.1 Å². The third kappa shape index (κ3) is 3.44. The molecule has 0 aliphatic rings. The standard InChI is InChI=1S/C15H19N3O/c1-10-4-5-13(8-11(10)2)9-14(19)18-12(3)15-16-6-7-17-15/h4-8,12H,9H2,1-3H3,(H,16,17)(H,18,19). The molecule has 0 radical (unpaired) electrons. The van der Waals surface area contributed by atoms with Crippen LogP contribution in [-0.2, 0) is 11.2 Å². The molecule has 1 aromatic heterocycles. The topological polar surface area (TPSA) is 57.8 Å². The minimum absolute atomic E-state index is 0.00662. The van der Waals surface area contributed by atoms with E-state index in [-0.39, 0.29) is 11.9 Å². The molecule has 1 amide bonds. The van der Waals surface area contributed by atoms with Crippen molar-refractivity contribution in [3.63, 3.8) is 0 Å². The zero-order valence-corrected chi connectivity index (χ0v) is 11.5. The van der Waals surface area contributed by atoms with Gasteiger partial charge in [0.25, 0.3) is 0 Å². The monoisotopic (exact) mass is 257 g/mol. The Balaban J connectivity index is 1.95. The van der Waals surface area contributed by atoms with Crippen LogP contribution in [0, 0.1) is 13.8 Å². The van der Waals surface area contributed by atoms with Crippen molar-refractivity contribution in [2.75, 3.05) is 0 Å². The first kappa shape index (κ1) is 13.3. The molecule has 0 aliphatic carbocycles. The summed E-state index contributed by atoms with van der Waals surface area (Å²) in [7, 11) is 0. The Bertz CT molecular complexity index is 561. The van der Waals surface area contributed by atoms with Gasteiger partial charge in [0, 0.05) is 12.4 Å². The van der Waals surface area contributed by atoms with Crippen LogP contribution in [0.25, 0.3) is 0 Å². The molecular formula is C15H19N3O. The smallest absolute Gasteiger partial charge is 0.224 e. The van der Waals surface area contributed by atoms with Crippen molar-refractivity contribution in [1.29, 1.82) is 0 Å². The maximum absolute atomic E-state index is 12.0. The largest absolute Gasteiger partial charge is 0.347 e. The average Bonchev–Trinajstić information content (AvgIpc) is 2.87. The molecule has 2 N–H and O–H groups in total. The van der Waals surface area contributed by atoms with E-state index >= 15 is 0 Å². The summed E-state index contributed by atoms with van der Waals surface area (Å²) in [5.41, 5.74) is 3.49. The molecule has 0 fully saturated rings. The quantitative estimate of drug-likeness (QED) is 0.884. The minimum atomic E-state index is -0.103. The van der Waals surface area contributed by atoms with Gasteiger partial charge in [0.2, 0.25) is 5.91 Å². The van der Waals surface area contributed by atoms with Gasteiger partial charge >= 0.3 is 0 Å². The number of aryl methyl sites for hydroxylation is 2. The van der Waals surface area contributed by atoms with Crippen molar-refractivity contribution < 1.29 is 4.79 Å². The maximum atomic E-state index is 12.0. The fraction of sp³-hybridized carbons (Fsp3) is 0.333. The zero-order valence-electron chi connectivity index (χ0n) is 11.5. The van der Waals surface area contributed by atoms with Gasteiger partial charge in [-0.2, -0.15) is 0 Å². The molecule has 1 heterocycles. The van der Waals surface area contributed by atoms with Gasteiger partial charge < -0.3 is 10.3 Å². The molecule has 0 saturated heterocycles. The van der Waals surface area contributed by atoms with Gasteiger partial charge in [-0.3, -0.25) is 4.79 Å². The number of hydrogen-bond donors (Lipinski definition) is 2. The highest BCUT2D eigenvalue weighted by Gasteiger charge is 2.11. The van der Waals surface area contributed by atoms with Gasteiger partial charge in [-0.15, -0.1) is 0 Å². The summed E-state index contributed by atoms with van der Waals surface area (Å²) in [4.78, 5) is 19.1. The SMILES string of the molecule is Cc1ccc(CC(=O)NC(C)c2ncc[nH]2)cc1C. The second-order valence-electron chi connectivity index (χ2n) is 4.86. The lowest BCUT2D eigenvalue weighted by atomic mass is 10.0. The predicted molar refractivity (Wildman–Crippen MR) is 74.8 cm³/mol. The number of hydrogen-bond acceptors (Lipinski definition) is 2. The van der Waals surface area contributed by atoms with E-state index < -0.39 is 0 Å². The van der Waals surface area contributed by atoms with Crippen molar-refractivity contribution in [1.82, 2.24) is 15.3 Å². The lowest BCUT2D eigenvalue weighted by Gasteiger charge is -2.12. The van der Waals surface area contributed by atoms with Gasteiger partial charge in [0.05, 0.1) is 12.5 Å². The molecule has 4 nitrogen and oxygen atoms in total. The fourth-order valence-electron chi connectivity index (χ4n) is 1.97. The molecule has 1 atom stereocenters. The summed E-state index contributed by atoms with van der Waals surface area (Å²) < 4.78 is 0. The highest BCUT2D eigenvalue weighted by Crippen LogP contribution is 2.11. The number of benzene rings is 1. The predicted octanol–water partition coefficient (Wildman–Crippen LogP) is 2.45. The highest BCUT2D eigenvalue weighted by atomic mass is 16.1. The molecule has 0 saturated carbocycles. The van der Waals surface area contributed by atoms with E-state index in [2.05, 4.69) is 35.2 Å². The molecule has 19 heavy (non-hydrogen) atoms. The number of carbonyl (C=O) groups excluding carboxylic acids is 1. The Labute approximate surface area is 113 Å². The van der Waals surface area contributed by atoms with Crippen LogP contribution in [0.2, 0.25) is 0 Å². The highest BCUT2D eigenvalue weighted by molar-refractivity contribution is 5.79. The number of nitrogens with one attached hydrogen (secondary N) is 2. The number of aromatic amines is 1. The Morgan fingerprint density at radius 1 is 1.37 bits per heavy atom. The molecule has 4 heteroatoms. The van der Waals surface area contributed by atoms with Crippen molar-refractivity contribution >= 4 is 5.91 Å². The zero-order chi connectivity index (χ0) is 13.8. The van der Waals surface area contributed by atoms with E-state index in [1.165, 1.54) is 11.1 Å². The first-order valence-electron chi connectivity index (χ1n) is 6.41. The van der Waals surface area contributed by atoms with Gasteiger partial charge in [-0.25, -0.2) is 4.98 Å². The summed E-state index contributed by atoms with van der Waals surface area (Å²) in [6.07, 6.45) is 3.83. The van der Waals surface area contributed by atoms with Gasteiger partial charge in [0.1, 0.15) is 5.82 Å². The number of imidazole rings is 1. The molecule has 0 spiro atoms. The Morgan fingerprint density at radius 2 is 2.16 bits per heavy atom. The van der Waals surface area contributed by atoms with Gasteiger partial charge in [-0.1, -0.05) is 18.2 Å². The molecule has 2 rings (SSSR count). The van der Waals surface area contributed by atoms with Crippen molar-refractivity contribution in [3.8, 4) is 0 Å². The van der Waals surface area contributed by atoms with Crippen LogP contribution in [-0.4, -0.2) is 15.9 Å². The number of carbonyl (C=O) groups is 1. The summed E-state index contributed by atoms with van der Waals surface area (Å²) in [5, 5.41) is 2.93. The van der Waals surface area contributed by atoms with Crippen LogP contribution in [0.15, 0.2) is 30.6 Å². The number of H-pyrrole nitrogens is 1. The summed E-state index contributed by atoms with van der Waals surface area (Å²) in [6, 6.07) is 6.01. The molecule has 0 aliphatic heterocycles. The summed E-state index contributed by atoms with van der Waals surface area (Å²) in [6.45, 7) is 6.04.